The average Bonchev–Trinajstić information content (AvgIpc) is 2.96. The van der Waals surface area contributed by atoms with E-state index in [1.54, 1.807) is 0 Å². The van der Waals surface area contributed by atoms with E-state index < -0.39 is 0 Å². The molecule has 19 heavy (non-hydrogen) atoms. The van der Waals surface area contributed by atoms with Gasteiger partial charge in [-0.1, -0.05) is 6.92 Å². The highest BCUT2D eigenvalue weighted by Crippen LogP contribution is 2.29. The standard InChI is InChI=1S/C15H28N4/c1-6-9-19(14-7-8-16-10-14)13(4)15-11(2)17-18(5)12(15)3/h13-14,16H,6-10H2,1-5H3. The Hall–Kier alpha value is -0.870. The van der Waals surface area contributed by atoms with Gasteiger partial charge in [-0.15, -0.1) is 0 Å². The molecule has 1 saturated heterocycles. The number of hydrogen-bond acceptors (Lipinski definition) is 3. The second kappa shape index (κ2) is 6.06. The third-order valence-corrected chi connectivity index (χ3v) is 4.47. The van der Waals surface area contributed by atoms with E-state index in [0.29, 0.717) is 12.1 Å². The number of rotatable bonds is 5. The first-order valence-electron chi connectivity index (χ1n) is 7.52. The summed E-state index contributed by atoms with van der Waals surface area (Å²) in [5.41, 5.74) is 3.90. The zero-order chi connectivity index (χ0) is 14.0. The Balaban J connectivity index is 2.25. The molecule has 2 unspecified atom stereocenters. The van der Waals surface area contributed by atoms with Crippen LogP contribution < -0.4 is 5.32 Å². The average molecular weight is 264 g/mol. The maximum atomic E-state index is 4.58. The number of aromatic nitrogens is 2. The van der Waals surface area contributed by atoms with Crippen molar-refractivity contribution in [2.45, 2.75) is 52.6 Å². The summed E-state index contributed by atoms with van der Waals surface area (Å²) in [7, 11) is 2.04. The molecule has 0 amide bonds. The first kappa shape index (κ1) is 14.5. The van der Waals surface area contributed by atoms with Crippen LogP contribution in [-0.2, 0) is 7.05 Å². The summed E-state index contributed by atoms with van der Waals surface area (Å²) in [6.07, 6.45) is 2.47. The minimum Gasteiger partial charge on any atom is -0.315 e. The number of nitrogens with zero attached hydrogens (tertiary/aromatic N) is 3. The second-order valence-electron chi connectivity index (χ2n) is 5.77. The lowest BCUT2D eigenvalue weighted by Gasteiger charge is -2.34. The normalized spacial score (nSPS) is 21.3. The number of hydrogen-bond donors (Lipinski definition) is 1. The van der Waals surface area contributed by atoms with Crippen LogP contribution in [0.15, 0.2) is 0 Å². The Morgan fingerprint density at radius 3 is 2.68 bits per heavy atom. The Bertz CT molecular complexity index is 418. The molecular weight excluding hydrogens is 236 g/mol. The van der Waals surface area contributed by atoms with E-state index in [1.165, 1.54) is 36.3 Å². The van der Waals surface area contributed by atoms with E-state index in [2.05, 4.69) is 43.0 Å². The van der Waals surface area contributed by atoms with E-state index in [4.69, 9.17) is 0 Å². The van der Waals surface area contributed by atoms with E-state index in [-0.39, 0.29) is 0 Å². The molecule has 0 saturated carbocycles. The first-order valence-corrected chi connectivity index (χ1v) is 7.52. The van der Waals surface area contributed by atoms with Gasteiger partial charge in [0.2, 0.25) is 0 Å². The third kappa shape index (κ3) is 2.84. The lowest BCUT2D eigenvalue weighted by molar-refractivity contribution is 0.152. The molecule has 0 radical (unpaired) electrons. The highest BCUT2D eigenvalue weighted by molar-refractivity contribution is 5.28. The molecular formula is C15H28N4. The van der Waals surface area contributed by atoms with Gasteiger partial charge in [-0.25, -0.2) is 0 Å². The van der Waals surface area contributed by atoms with Gasteiger partial charge in [-0.05, 0) is 46.7 Å². The van der Waals surface area contributed by atoms with Gasteiger partial charge >= 0.3 is 0 Å². The summed E-state index contributed by atoms with van der Waals surface area (Å²) in [4.78, 5) is 2.66. The van der Waals surface area contributed by atoms with E-state index in [0.717, 1.165) is 13.1 Å². The summed E-state index contributed by atoms with van der Waals surface area (Å²) in [6, 6.07) is 1.13. The summed E-state index contributed by atoms with van der Waals surface area (Å²) in [5.74, 6) is 0. The molecule has 108 valence electrons. The molecule has 0 bridgehead atoms. The fourth-order valence-corrected chi connectivity index (χ4v) is 3.43. The zero-order valence-electron chi connectivity index (χ0n) is 13.0. The summed E-state index contributed by atoms with van der Waals surface area (Å²) < 4.78 is 2.01. The molecule has 1 N–H and O–H groups in total. The van der Waals surface area contributed by atoms with E-state index in [1.807, 2.05) is 11.7 Å². The van der Waals surface area contributed by atoms with E-state index in [9.17, 15) is 0 Å². The summed E-state index contributed by atoms with van der Waals surface area (Å²) >= 11 is 0. The Morgan fingerprint density at radius 2 is 2.21 bits per heavy atom. The van der Waals surface area contributed by atoms with Gasteiger partial charge in [0.15, 0.2) is 0 Å². The minimum absolute atomic E-state index is 0.457. The molecule has 0 aliphatic carbocycles. The van der Waals surface area contributed by atoms with Crippen LogP contribution in [0.2, 0.25) is 0 Å². The quantitative estimate of drug-likeness (QED) is 0.885. The molecule has 1 aliphatic heterocycles. The van der Waals surface area contributed by atoms with Crippen LogP contribution in [-0.4, -0.2) is 40.4 Å². The fourth-order valence-electron chi connectivity index (χ4n) is 3.43. The van der Waals surface area contributed by atoms with Crippen molar-refractivity contribution in [2.24, 2.45) is 7.05 Å². The van der Waals surface area contributed by atoms with Crippen molar-refractivity contribution in [1.82, 2.24) is 20.0 Å². The van der Waals surface area contributed by atoms with Crippen LogP contribution in [0.3, 0.4) is 0 Å². The van der Waals surface area contributed by atoms with Gasteiger partial charge in [0.1, 0.15) is 0 Å². The van der Waals surface area contributed by atoms with Crippen molar-refractivity contribution in [3.63, 3.8) is 0 Å². The van der Waals surface area contributed by atoms with Crippen LogP contribution in [0.4, 0.5) is 0 Å². The van der Waals surface area contributed by atoms with Gasteiger partial charge in [0.05, 0.1) is 5.69 Å². The summed E-state index contributed by atoms with van der Waals surface area (Å²) in [6.45, 7) is 12.4. The Labute approximate surface area is 117 Å². The molecule has 4 nitrogen and oxygen atoms in total. The SMILES string of the molecule is CCCN(C1CCNC1)C(C)c1c(C)nn(C)c1C. The van der Waals surface area contributed by atoms with Crippen molar-refractivity contribution in [3.8, 4) is 0 Å². The molecule has 1 fully saturated rings. The molecule has 1 aromatic rings. The second-order valence-corrected chi connectivity index (χ2v) is 5.77. The van der Waals surface area contributed by atoms with Crippen molar-refractivity contribution >= 4 is 0 Å². The molecule has 1 aliphatic rings. The molecule has 2 heterocycles. The highest BCUT2D eigenvalue weighted by Gasteiger charge is 2.29. The maximum absolute atomic E-state index is 4.58. The largest absolute Gasteiger partial charge is 0.315 e. The van der Waals surface area contributed by atoms with E-state index >= 15 is 0 Å². The third-order valence-electron chi connectivity index (χ3n) is 4.47. The minimum atomic E-state index is 0.457. The van der Waals surface area contributed by atoms with Crippen molar-refractivity contribution in [3.05, 3.63) is 17.0 Å². The molecule has 2 rings (SSSR count). The summed E-state index contributed by atoms with van der Waals surface area (Å²) in [5, 5.41) is 8.06. The van der Waals surface area contributed by atoms with Gasteiger partial charge in [0, 0.05) is 36.9 Å². The van der Waals surface area contributed by atoms with Crippen LogP contribution in [0.1, 0.15) is 49.7 Å². The smallest absolute Gasteiger partial charge is 0.0644 e. The first-order chi connectivity index (χ1) is 9.06. The van der Waals surface area contributed by atoms with Crippen LogP contribution in [0, 0.1) is 13.8 Å². The molecule has 1 aromatic heterocycles. The maximum Gasteiger partial charge on any atom is 0.0644 e. The van der Waals surface area contributed by atoms with Gasteiger partial charge in [-0.2, -0.15) is 5.10 Å². The van der Waals surface area contributed by atoms with Crippen molar-refractivity contribution in [2.75, 3.05) is 19.6 Å². The Kier molecular flexibility index (Phi) is 4.63. The van der Waals surface area contributed by atoms with Crippen molar-refractivity contribution in [1.29, 1.82) is 0 Å². The lowest BCUT2D eigenvalue weighted by Crippen LogP contribution is -2.39. The van der Waals surface area contributed by atoms with Crippen LogP contribution >= 0.6 is 0 Å². The van der Waals surface area contributed by atoms with Crippen LogP contribution in [0.5, 0.6) is 0 Å². The number of aryl methyl sites for hydroxylation is 2. The molecule has 0 spiro atoms. The predicted octanol–water partition coefficient (Wildman–Crippen LogP) is 2.17. The molecule has 2 atom stereocenters. The van der Waals surface area contributed by atoms with Gasteiger partial charge in [-0.3, -0.25) is 9.58 Å². The lowest BCUT2D eigenvalue weighted by atomic mass is 10.0. The monoisotopic (exact) mass is 264 g/mol. The van der Waals surface area contributed by atoms with Crippen LogP contribution in [0.25, 0.3) is 0 Å². The Morgan fingerprint density at radius 1 is 1.47 bits per heavy atom. The highest BCUT2D eigenvalue weighted by atomic mass is 15.3. The van der Waals surface area contributed by atoms with Gasteiger partial charge in [0.25, 0.3) is 0 Å². The fraction of sp³-hybridized carbons (Fsp3) is 0.800. The number of nitrogens with one attached hydrogen (secondary N) is 1. The topological polar surface area (TPSA) is 33.1 Å². The predicted molar refractivity (Wildman–Crippen MR) is 79.4 cm³/mol. The molecule has 4 heteroatoms. The zero-order valence-corrected chi connectivity index (χ0v) is 13.0. The van der Waals surface area contributed by atoms with Crippen molar-refractivity contribution < 1.29 is 0 Å². The van der Waals surface area contributed by atoms with Gasteiger partial charge < -0.3 is 5.32 Å². The molecule has 0 aromatic carbocycles.